The zero-order chi connectivity index (χ0) is 9.97. The van der Waals surface area contributed by atoms with Crippen LogP contribution in [0.25, 0.3) is 11.3 Å². The van der Waals surface area contributed by atoms with Crippen LogP contribution in [0, 0.1) is 18.3 Å². The summed E-state index contributed by atoms with van der Waals surface area (Å²) in [5, 5.41) is 8.84. The van der Waals surface area contributed by atoms with Gasteiger partial charge < -0.3 is 4.98 Å². The minimum absolute atomic E-state index is 0.413. The summed E-state index contributed by atoms with van der Waals surface area (Å²) >= 11 is 0. The number of H-pyrrole nitrogens is 1. The van der Waals surface area contributed by atoms with Crippen molar-refractivity contribution in [1.29, 1.82) is 5.26 Å². The Balaban J connectivity index is 2.58. The summed E-state index contributed by atoms with van der Waals surface area (Å²) < 4.78 is 0. The second kappa shape index (κ2) is 3.30. The average Bonchev–Trinajstić information content (AvgIpc) is 2.61. The predicted molar refractivity (Wildman–Crippen MR) is 51.3 cm³/mol. The van der Waals surface area contributed by atoms with Crippen LogP contribution in [0.15, 0.2) is 24.5 Å². The molecule has 0 atom stereocenters. The number of nitrogens with one attached hydrogen (secondary N) is 1. The summed E-state index contributed by atoms with van der Waals surface area (Å²) in [5.41, 5.74) is 2.03. The number of aryl methyl sites for hydroxylation is 1. The maximum Gasteiger partial charge on any atom is 0.166 e. The first-order chi connectivity index (χ1) is 6.81. The van der Waals surface area contributed by atoms with Gasteiger partial charge in [-0.3, -0.25) is 4.98 Å². The first-order valence-corrected chi connectivity index (χ1v) is 4.18. The van der Waals surface area contributed by atoms with E-state index < -0.39 is 0 Å². The molecule has 0 aliphatic carbocycles. The summed E-state index contributed by atoms with van der Waals surface area (Å²) in [4.78, 5) is 11.1. The van der Waals surface area contributed by atoms with E-state index in [1.54, 1.807) is 12.4 Å². The van der Waals surface area contributed by atoms with E-state index in [0.717, 1.165) is 17.1 Å². The van der Waals surface area contributed by atoms with Crippen LogP contribution in [-0.4, -0.2) is 15.0 Å². The van der Waals surface area contributed by atoms with Crippen molar-refractivity contribution in [3.63, 3.8) is 0 Å². The molecule has 0 saturated carbocycles. The van der Waals surface area contributed by atoms with Gasteiger partial charge in [-0.1, -0.05) is 0 Å². The van der Waals surface area contributed by atoms with E-state index >= 15 is 0 Å². The predicted octanol–water partition coefficient (Wildman–Crippen LogP) is 1.65. The lowest BCUT2D eigenvalue weighted by atomic mass is 10.2. The minimum Gasteiger partial charge on any atom is -0.341 e. The van der Waals surface area contributed by atoms with E-state index in [9.17, 15) is 0 Å². The van der Waals surface area contributed by atoms with Gasteiger partial charge in [-0.25, -0.2) is 4.98 Å². The average molecular weight is 184 g/mol. The Morgan fingerprint density at radius 2 is 2.36 bits per heavy atom. The third-order valence-corrected chi connectivity index (χ3v) is 1.88. The van der Waals surface area contributed by atoms with Gasteiger partial charge in [-0.15, -0.1) is 0 Å². The molecule has 4 nitrogen and oxygen atoms in total. The maximum atomic E-state index is 8.84. The van der Waals surface area contributed by atoms with Crippen LogP contribution in [0.5, 0.6) is 0 Å². The second-order valence-electron chi connectivity index (χ2n) is 2.90. The van der Waals surface area contributed by atoms with Crippen LogP contribution < -0.4 is 0 Å². The van der Waals surface area contributed by atoms with Crippen LogP contribution in [0.3, 0.4) is 0 Å². The first-order valence-electron chi connectivity index (χ1n) is 4.18. The molecule has 0 radical (unpaired) electrons. The summed E-state index contributed by atoms with van der Waals surface area (Å²) in [6, 6.07) is 5.76. The Morgan fingerprint density at radius 1 is 1.50 bits per heavy atom. The van der Waals surface area contributed by atoms with E-state index in [-0.39, 0.29) is 0 Å². The molecule has 0 unspecified atom stereocenters. The molecule has 0 fully saturated rings. The third kappa shape index (κ3) is 1.36. The first kappa shape index (κ1) is 8.45. The fourth-order valence-corrected chi connectivity index (χ4v) is 1.29. The second-order valence-corrected chi connectivity index (χ2v) is 2.90. The molecule has 1 N–H and O–H groups in total. The smallest absolute Gasteiger partial charge is 0.166 e. The summed E-state index contributed by atoms with van der Waals surface area (Å²) in [6.07, 6.45) is 3.40. The van der Waals surface area contributed by atoms with Crippen molar-refractivity contribution in [2.75, 3.05) is 0 Å². The highest BCUT2D eigenvalue weighted by molar-refractivity contribution is 5.63. The van der Waals surface area contributed by atoms with Crippen LogP contribution in [0.1, 0.15) is 11.5 Å². The largest absolute Gasteiger partial charge is 0.341 e. The molecule has 68 valence electrons. The van der Waals surface area contributed by atoms with Crippen LogP contribution in [0.4, 0.5) is 0 Å². The van der Waals surface area contributed by atoms with Crippen LogP contribution in [-0.2, 0) is 0 Å². The van der Waals surface area contributed by atoms with Crippen LogP contribution in [0.2, 0.25) is 0 Å². The van der Waals surface area contributed by atoms with E-state index in [2.05, 4.69) is 15.0 Å². The number of nitrogens with zero attached hydrogens (tertiary/aromatic N) is 3. The molecule has 2 aromatic rings. The number of pyridine rings is 1. The number of hydrogen-bond acceptors (Lipinski definition) is 3. The molecule has 2 rings (SSSR count). The van der Waals surface area contributed by atoms with Gasteiger partial charge in [-0.05, 0) is 19.1 Å². The topological polar surface area (TPSA) is 65.4 Å². The number of aromatic nitrogens is 3. The maximum absolute atomic E-state index is 8.84. The molecule has 0 aliphatic heterocycles. The zero-order valence-electron chi connectivity index (χ0n) is 7.65. The number of rotatable bonds is 1. The van der Waals surface area contributed by atoms with Gasteiger partial charge in [0.1, 0.15) is 11.9 Å². The third-order valence-electron chi connectivity index (χ3n) is 1.88. The van der Waals surface area contributed by atoms with Crippen molar-refractivity contribution >= 4 is 0 Å². The summed E-state index contributed by atoms with van der Waals surface area (Å²) in [6.45, 7) is 1.82. The van der Waals surface area contributed by atoms with Gasteiger partial charge in [0.15, 0.2) is 5.69 Å². The Bertz CT molecular complexity index is 479. The van der Waals surface area contributed by atoms with Crippen molar-refractivity contribution in [1.82, 2.24) is 15.0 Å². The Morgan fingerprint density at radius 3 is 3.00 bits per heavy atom. The fourth-order valence-electron chi connectivity index (χ4n) is 1.29. The SMILES string of the molecule is Cc1nc(C#N)c(-c2cccnc2)[nH]1. The Hall–Kier alpha value is -2.15. The molecule has 4 heteroatoms. The van der Waals surface area contributed by atoms with Crippen LogP contribution >= 0.6 is 0 Å². The van der Waals surface area contributed by atoms with Gasteiger partial charge in [0.2, 0.25) is 0 Å². The molecular weight excluding hydrogens is 176 g/mol. The van der Waals surface area contributed by atoms with E-state index in [1.165, 1.54) is 0 Å². The molecule has 0 spiro atoms. The van der Waals surface area contributed by atoms with Crippen molar-refractivity contribution in [2.24, 2.45) is 0 Å². The molecule has 2 aromatic heterocycles. The van der Waals surface area contributed by atoms with Crippen molar-refractivity contribution in [2.45, 2.75) is 6.92 Å². The fraction of sp³-hybridized carbons (Fsp3) is 0.100. The van der Waals surface area contributed by atoms with Gasteiger partial charge in [0, 0.05) is 18.0 Å². The Labute approximate surface area is 81.3 Å². The highest BCUT2D eigenvalue weighted by atomic mass is 14.9. The molecule has 0 bridgehead atoms. The lowest BCUT2D eigenvalue weighted by Crippen LogP contribution is -1.82. The van der Waals surface area contributed by atoms with E-state index in [1.807, 2.05) is 25.1 Å². The quantitative estimate of drug-likeness (QED) is 0.732. The monoisotopic (exact) mass is 184 g/mol. The highest BCUT2D eigenvalue weighted by Crippen LogP contribution is 2.19. The molecule has 0 aromatic carbocycles. The Kier molecular flexibility index (Phi) is 1.99. The van der Waals surface area contributed by atoms with Gasteiger partial charge >= 0.3 is 0 Å². The zero-order valence-corrected chi connectivity index (χ0v) is 7.65. The molecule has 0 aliphatic rings. The lowest BCUT2D eigenvalue weighted by Gasteiger charge is -1.95. The van der Waals surface area contributed by atoms with Gasteiger partial charge in [0.05, 0.1) is 5.69 Å². The summed E-state index contributed by atoms with van der Waals surface area (Å²) in [7, 11) is 0. The van der Waals surface area contributed by atoms with E-state index in [4.69, 9.17) is 5.26 Å². The molecule has 2 heterocycles. The molecule has 0 saturated heterocycles. The molecule has 14 heavy (non-hydrogen) atoms. The molecular formula is C10H8N4. The van der Waals surface area contributed by atoms with Crippen molar-refractivity contribution < 1.29 is 0 Å². The van der Waals surface area contributed by atoms with Gasteiger partial charge in [-0.2, -0.15) is 5.26 Å². The minimum atomic E-state index is 0.413. The van der Waals surface area contributed by atoms with Crippen molar-refractivity contribution in [3.05, 3.63) is 36.0 Å². The number of imidazole rings is 1. The van der Waals surface area contributed by atoms with Crippen molar-refractivity contribution in [3.8, 4) is 17.3 Å². The highest BCUT2D eigenvalue weighted by Gasteiger charge is 2.08. The number of hydrogen-bond donors (Lipinski definition) is 1. The number of nitriles is 1. The number of aromatic amines is 1. The molecule has 0 amide bonds. The van der Waals surface area contributed by atoms with Gasteiger partial charge in [0.25, 0.3) is 0 Å². The lowest BCUT2D eigenvalue weighted by molar-refractivity contribution is 1.14. The summed E-state index contributed by atoms with van der Waals surface area (Å²) in [5.74, 6) is 0.736. The normalized spacial score (nSPS) is 9.71. The standard InChI is InChI=1S/C10H8N4/c1-7-13-9(5-11)10(14-7)8-3-2-4-12-6-8/h2-4,6H,1H3,(H,13,14). The van der Waals surface area contributed by atoms with E-state index in [0.29, 0.717) is 5.69 Å².